The van der Waals surface area contributed by atoms with E-state index in [0.29, 0.717) is 18.8 Å². The molecular weight excluding hydrogens is 336 g/mol. The molecule has 6 heteroatoms. The Morgan fingerprint density at radius 2 is 1.69 bits per heavy atom. The number of ether oxygens (including phenoxy) is 2. The monoisotopic (exact) mass is 364 g/mol. The van der Waals surface area contributed by atoms with Gasteiger partial charge in [-0.1, -0.05) is 43.3 Å². The lowest BCUT2D eigenvalue weighted by Crippen LogP contribution is -2.24. The number of aromatic hydroxyl groups is 1. The molecule has 0 amide bonds. The van der Waals surface area contributed by atoms with Crippen LogP contribution in [0.2, 0.25) is 0 Å². The van der Waals surface area contributed by atoms with Crippen LogP contribution in [0.1, 0.15) is 18.9 Å². The van der Waals surface area contributed by atoms with Crippen LogP contribution in [0.3, 0.4) is 0 Å². The van der Waals surface area contributed by atoms with Gasteiger partial charge in [0.15, 0.2) is 6.10 Å². The smallest absolute Gasteiger partial charge is 0.333 e. The molecule has 144 valence electrons. The molecule has 26 heavy (non-hydrogen) atoms. The fraction of sp³-hybridized carbons (Fsp3) is 0.350. The minimum absolute atomic E-state index is 0.231. The second-order valence-electron chi connectivity index (χ2n) is 5.18. The number of phenolic OH excluding ortho intramolecular Hbond substituents is 1. The normalized spacial score (nSPS) is 10.5. The highest BCUT2D eigenvalue weighted by Crippen LogP contribution is 2.16. The third-order valence-corrected chi connectivity index (χ3v) is 3.10. The molecule has 2 rings (SSSR count). The van der Waals surface area contributed by atoms with Crippen molar-refractivity contribution in [3.63, 3.8) is 0 Å². The highest BCUT2D eigenvalue weighted by Gasteiger charge is 2.16. The summed E-state index contributed by atoms with van der Waals surface area (Å²) in [5.74, 6) is -0.0179. The molecule has 0 heterocycles. The van der Waals surface area contributed by atoms with Crippen molar-refractivity contribution in [2.24, 2.45) is 0 Å². The van der Waals surface area contributed by atoms with E-state index in [9.17, 15) is 4.79 Å². The number of hydrogen-bond donors (Lipinski definition) is 3. The number of aliphatic hydroxyl groups is 1. The summed E-state index contributed by atoms with van der Waals surface area (Å²) in [7, 11) is 2.97. The number of benzene rings is 2. The van der Waals surface area contributed by atoms with Crippen LogP contribution < -0.4 is 4.74 Å². The van der Waals surface area contributed by atoms with Gasteiger partial charge in [-0.3, -0.25) is 0 Å². The molecule has 0 aliphatic rings. The van der Waals surface area contributed by atoms with Crippen molar-refractivity contribution in [3.05, 3.63) is 60.2 Å². The van der Waals surface area contributed by atoms with Gasteiger partial charge in [0.25, 0.3) is 0 Å². The minimum atomic E-state index is -0.925. The molecule has 0 saturated heterocycles. The van der Waals surface area contributed by atoms with Gasteiger partial charge in [0.2, 0.25) is 0 Å². The van der Waals surface area contributed by atoms with Crippen LogP contribution in [0.25, 0.3) is 0 Å². The predicted octanol–water partition coefficient (Wildman–Crippen LogP) is 3.12. The molecule has 1 unspecified atom stereocenters. The summed E-state index contributed by atoms with van der Waals surface area (Å²) in [6.07, 6.45) is 0.537. The summed E-state index contributed by atoms with van der Waals surface area (Å²) in [4.78, 5) is 10.6. The van der Waals surface area contributed by atoms with Crippen molar-refractivity contribution in [1.29, 1.82) is 0 Å². The van der Waals surface area contributed by atoms with Crippen molar-refractivity contribution in [1.82, 2.24) is 0 Å². The van der Waals surface area contributed by atoms with Crippen LogP contribution >= 0.6 is 0 Å². The highest BCUT2D eigenvalue weighted by molar-refractivity contribution is 5.72. The fourth-order valence-electron chi connectivity index (χ4n) is 1.71. The standard InChI is InChI=1S/C10H12O3.C7H8O2.C3H8O/c1-13-9(10(11)12)7-8-5-3-2-4-6-8;1-9-7-4-2-3-6(8)5-7;1-2-3-4/h2-6,9H,7H2,1H3,(H,11,12);2-5,8H,1H3;4H,2-3H2,1H3. The van der Waals surface area contributed by atoms with Gasteiger partial charge in [-0.2, -0.15) is 0 Å². The Morgan fingerprint density at radius 3 is 2.08 bits per heavy atom. The van der Waals surface area contributed by atoms with E-state index in [-0.39, 0.29) is 5.75 Å². The van der Waals surface area contributed by atoms with E-state index < -0.39 is 12.1 Å². The second kappa shape index (κ2) is 14.7. The van der Waals surface area contributed by atoms with Gasteiger partial charge in [-0.15, -0.1) is 0 Å². The summed E-state index contributed by atoms with van der Waals surface area (Å²) < 4.78 is 9.65. The number of carboxylic acids is 1. The molecule has 2 aromatic rings. The zero-order valence-electron chi connectivity index (χ0n) is 15.5. The van der Waals surface area contributed by atoms with Crippen molar-refractivity contribution in [3.8, 4) is 11.5 Å². The molecule has 2 aromatic carbocycles. The molecule has 0 radical (unpaired) electrons. The van der Waals surface area contributed by atoms with E-state index in [1.165, 1.54) is 7.11 Å². The van der Waals surface area contributed by atoms with Crippen molar-refractivity contribution in [2.75, 3.05) is 20.8 Å². The third-order valence-electron chi connectivity index (χ3n) is 3.10. The number of hydrogen-bond acceptors (Lipinski definition) is 5. The quantitative estimate of drug-likeness (QED) is 0.729. The molecule has 0 aliphatic carbocycles. The van der Waals surface area contributed by atoms with Crippen LogP contribution in [-0.2, 0) is 16.0 Å². The summed E-state index contributed by atoms with van der Waals surface area (Å²) in [5.41, 5.74) is 0.969. The minimum Gasteiger partial charge on any atom is -0.508 e. The molecule has 0 spiro atoms. The molecule has 6 nitrogen and oxygen atoms in total. The number of rotatable bonds is 6. The number of carbonyl (C=O) groups is 1. The maximum Gasteiger partial charge on any atom is 0.333 e. The predicted molar refractivity (Wildman–Crippen MR) is 101 cm³/mol. The molecule has 3 N–H and O–H groups in total. The lowest BCUT2D eigenvalue weighted by atomic mass is 10.1. The van der Waals surface area contributed by atoms with Gasteiger partial charge >= 0.3 is 5.97 Å². The topological polar surface area (TPSA) is 96.2 Å². The maximum absolute atomic E-state index is 10.6. The average Bonchev–Trinajstić information content (AvgIpc) is 2.67. The molecule has 0 bridgehead atoms. The Morgan fingerprint density at radius 1 is 1.08 bits per heavy atom. The van der Waals surface area contributed by atoms with Gasteiger partial charge in [0, 0.05) is 26.2 Å². The lowest BCUT2D eigenvalue weighted by molar-refractivity contribution is -0.148. The van der Waals surface area contributed by atoms with Crippen molar-refractivity contribution < 1.29 is 29.6 Å². The van der Waals surface area contributed by atoms with Gasteiger partial charge in [0.1, 0.15) is 11.5 Å². The lowest BCUT2D eigenvalue weighted by Gasteiger charge is -2.09. The maximum atomic E-state index is 10.6. The number of methoxy groups -OCH3 is 2. The van der Waals surface area contributed by atoms with Crippen LogP contribution in [0, 0.1) is 0 Å². The van der Waals surface area contributed by atoms with Crippen molar-refractivity contribution >= 4 is 5.97 Å². The van der Waals surface area contributed by atoms with Crippen LogP contribution in [0.4, 0.5) is 0 Å². The average molecular weight is 364 g/mol. The number of aliphatic carboxylic acids is 1. The summed E-state index contributed by atoms with van der Waals surface area (Å²) in [6, 6.07) is 16.1. The highest BCUT2D eigenvalue weighted by atomic mass is 16.5. The third kappa shape index (κ3) is 11.1. The van der Waals surface area contributed by atoms with E-state index in [1.807, 2.05) is 37.3 Å². The number of carboxylic acid groups (broad SMARTS) is 1. The van der Waals surface area contributed by atoms with E-state index in [4.69, 9.17) is 24.8 Å². The van der Waals surface area contributed by atoms with Gasteiger partial charge in [-0.05, 0) is 24.1 Å². The van der Waals surface area contributed by atoms with Crippen LogP contribution in [-0.4, -0.2) is 48.2 Å². The van der Waals surface area contributed by atoms with Gasteiger partial charge < -0.3 is 24.8 Å². The Hall–Kier alpha value is -2.57. The Bertz CT molecular complexity index is 598. The molecule has 0 aliphatic heterocycles. The summed E-state index contributed by atoms with van der Waals surface area (Å²) in [6.45, 7) is 2.25. The second-order valence-corrected chi connectivity index (χ2v) is 5.18. The zero-order chi connectivity index (χ0) is 19.8. The van der Waals surface area contributed by atoms with E-state index in [1.54, 1.807) is 31.4 Å². The van der Waals surface area contributed by atoms with E-state index >= 15 is 0 Å². The Balaban J connectivity index is 0.000000416. The van der Waals surface area contributed by atoms with Crippen LogP contribution in [0.5, 0.6) is 11.5 Å². The summed E-state index contributed by atoms with van der Waals surface area (Å²) in [5, 5.41) is 25.4. The first kappa shape index (κ1) is 23.4. The van der Waals surface area contributed by atoms with Crippen LogP contribution in [0.15, 0.2) is 54.6 Å². The Labute approximate surface area is 154 Å². The molecule has 0 saturated carbocycles. The number of phenols is 1. The first-order valence-electron chi connectivity index (χ1n) is 8.21. The van der Waals surface area contributed by atoms with Crippen molar-refractivity contribution in [2.45, 2.75) is 25.9 Å². The summed E-state index contributed by atoms with van der Waals surface area (Å²) >= 11 is 0. The largest absolute Gasteiger partial charge is 0.508 e. The molecule has 1 atom stereocenters. The molecule has 0 aromatic heterocycles. The first-order valence-corrected chi connectivity index (χ1v) is 8.21. The molecule has 0 fully saturated rings. The first-order chi connectivity index (χ1) is 12.5. The van der Waals surface area contributed by atoms with Gasteiger partial charge in [-0.25, -0.2) is 4.79 Å². The SMILES string of the molecule is CCCO.COC(Cc1ccccc1)C(=O)O.COc1cccc(O)c1. The fourth-order valence-corrected chi connectivity index (χ4v) is 1.71. The van der Waals surface area contributed by atoms with E-state index in [0.717, 1.165) is 12.0 Å². The molecular formula is C20H28O6. The van der Waals surface area contributed by atoms with Gasteiger partial charge in [0.05, 0.1) is 7.11 Å². The Kier molecular flexibility index (Phi) is 13.3. The number of aliphatic hydroxyl groups excluding tert-OH is 1. The zero-order valence-corrected chi connectivity index (χ0v) is 15.5. The van der Waals surface area contributed by atoms with E-state index in [2.05, 4.69) is 0 Å².